The average Bonchev–Trinajstić information content (AvgIpc) is 2.77. The van der Waals surface area contributed by atoms with E-state index in [0.29, 0.717) is 36.0 Å². The molecular formula is C22H27N3O5. The molecule has 0 saturated heterocycles. The number of carbonyl (C=O) groups excluding carboxylic acids is 2. The summed E-state index contributed by atoms with van der Waals surface area (Å²) in [4.78, 5) is 28.4. The molecule has 0 aromatic heterocycles. The van der Waals surface area contributed by atoms with Gasteiger partial charge in [0.05, 0.1) is 21.3 Å². The molecule has 1 N–H and O–H groups in total. The van der Waals surface area contributed by atoms with E-state index in [1.165, 1.54) is 4.90 Å². The van der Waals surface area contributed by atoms with Gasteiger partial charge in [-0.25, -0.2) is 4.79 Å². The number of rotatable bonds is 6. The van der Waals surface area contributed by atoms with Gasteiger partial charge in [0.1, 0.15) is 12.3 Å². The predicted octanol–water partition coefficient (Wildman–Crippen LogP) is 2.76. The molecule has 3 rings (SSSR count). The van der Waals surface area contributed by atoms with E-state index in [9.17, 15) is 9.59 Å². The van der Waals surface area contributed by atoms with Crippen LogP contribution < -0.4 is 19.5 Å². The second-order valence-electron chi connectivity index (χ2n) is 7.06. The molecule has 0 unspecified atom stereocenters. The van der Waals surface area contributed by atoms with Crippen molar-refractivity contribution in [3.8, 4) is 17.2 Å². The van der Waals surface area contributed by atoms with Gasteiger partial charge in [0.25, 0.3) is 0 Å². The first-order chi connectivity index (χ1) is 14.4. The maximum Gasteiger partial charge on any atom is 0.322 e. The molecule has 8 nitrogen and oxygen atoms in total. The largest absolute Gasteiger partial charge is 0.497 e. The molecule has 8 heteroatoms. The first-order valence-corrected chi connectivity index (χ1v) is 9.63. The molecule has 0 fully saturated rings. The highest BCUT2D eigenvalue weighted by atomic mass is 16.5. The molecular weight excluding hydrogens is 386 g/mol. The van der Waals surface area contributed by atoms with Gasteiger partial charge in [-0.05, 0) is 41.8 Å². The fourth-order valence-corrected chi connectivity index (χ4v) is 3.39. The van der Waals surface area contributed by atoms with Crippen molar-refractivity contribution in [2.75, 3.05) is 46.8 Å². The minimum atomic E-state index is -0.361. The van der Waals surface area contributed by atoms with Crippen LogP contribution in [0.15, 0.2) is 36.4 Å². The Hall–Kier alpha value is -3.42. The van der Waals surface area contributed by atoms with Crippen molar-refractivity contribution in [3.63, 3.8) is 0 Å². The van der Waals surface area contributed by atoms with Crippen molar-refractivity contribution < 1.29 is 23.8 Å². The van der Waals surface area contributed by atoms with Crippen LogP contribution >= 0.6 is 0 Å². The fraction of sp³-hybridized carbons (Fsp3) is 0.364. The third kappa shape index (κ3) is 4.76. The van der Waals surface area contributed by atoms with E-state index in [-0.39, 0.29) is 18.5 Å². The monoisotopic (exact) mass is 413 g/mol. The minimum absolute atomic E-state index is 0.0155. The number of nitrogens with zero attached hydrogens (tertiary/aromatic N) is 2. The Labute approximate surface area is 176 Å². The van der Waals surface area contributed by atoms with Gasteiger partial charge in [-0.3, -0.25) is 4.79 Å². The molecule has 0 spiro atoms. The third-order valence-electron chi connectivity index (χ3n) is 5.11. The van der Waals surface area contributed by atoms with Crippen LogP contribution in [0.5, 0.6) is 17.2 Å². The first-order valence-electron chi connectivity index (χ1n) is 9.63. The van der Waals surface area contributed by atoms with Crippen molar-refractivity contribution in [3.05, 3.63) is 47.5 Å². The summed E-state index contributed by atoms with van der Waals surface area (Å²) >= 11 is 0. The Morgan fingerprint density at radius 2 is 1.73 bits per heavy atom. The highest BCUT2D eigenvalue weighted by Crippen LogP contribution is 2.33. The molecule has 3 amide bonds. The first kappa shape index (κ1) is 21.3. The standard InChI is InChI=1S/C22H27N3O5/c1-24(22(27)23-17-6-5-7-18(12-17)28-2)14-21(26)25-9-8-15-10-19(29-3)20(30-4)11-16(15)13-25/h5-7,10-12H,8-9,13-14H2,1-4H3,(H,23,27). The SMILES string of the molecule is COc1cccc(NC(=O)N(C)CC(=O)N2CCc3cc(OC)c(OC)cc3C2)c1. The summed E-state index contributed by atoms with van der Waals surface area (Å²) in [7, 11) is 6.36. The summed E-state index contributed by atoms with van der Waals surface area (Å²) in [5.74, 6) is 1.86. The van der Waals surface area contributed by atoms with Crippen LogP contribution in [0.3, 0.4) is 0 Å². The lowest BCUT2D eigenvalue weighted by atomic mass is 9.98. The lowest BCUT2D eigenvalue weighted by Gasteiger charge is -2.31. The van der Waals surface area contributed by atoms with E-state index in [2.05, 4.69) is 5.32 Å². The van der Waals surface area contributed by atoms with Crippen LogP contribution in [0.2, 0.25) is 0 Å². The van der Waals surface area contributed by atoms with Gasteiger partial charge in [0.2, 0.25) is 5.91 Å². The Bertz CT molecular complexity index is 931. The number of nitrogens with one attached hydrogen (secondary N) is 1. The quantitative estimate of drug-likeness (QED) is 0.788. The van der Waals surface area contributed by atoms with E-state index in [0.717, 1.165) is 17.5 Å². The molecule has 0 atom stereocenters. The second kappa shape index (κ2) is 9.39. The number of likely N-dealkylation sites (N-methyl/N-ethyl adjacent to an activating group) is 1. The molecule has 1 aliphatic rings. The van der Waals surface area contributed by atoms with Gasteiger partial charge in [0, 0.05) is 31.9 Å². The Kier molecular flexibility index (Phi) is 6.66. The van der Waals surface area contributed by atoms with E-state index in [1.54, 1.807) is 57.5 Å². The lowest BCUT2D eigenvalue weighted by molar-refractivity contribution is -0.132. The van der Waals surface area contributed by atoms with Crippen LogP contribution in [-0.4, -0.2) is 63.2 Å². The van der Waals surface area contributed by atoms with Gasteiger partial charge in [0.15, 0.2) is 11.5 Å². The zero-order valence-corrected chi connectivity index (χ0v) is 17.7. The molecule has 0 radical (unpaired) electrons. The molecule has 30 heavy (non-hydrogen) atoms. The highest BCUT2D eigenvalue weighted by Gasteiger charge is 2.24. The number of fused-ring (bicyclic) bond motifs is 1. The number of urea groups is 1. The van der Waals surface area contributed by atoms with E-state index < -0.39 is 0 Å². The summed E-state index contributed by atoms with van der Waals surface area (Å²) in [5.41, 5.74) is 2.77. The summed E-state index contributed by atoms with van der Waals surface area (Å²) < 4.78 is 15.9. The van der Waals surface area contributed by atoms with Crippen LogP contribution in [0, 0.1) is 0 Å². The molecule has 0 saturated carbocycles. The number of hydrogen-bond donors (Lipinski definition) is 1. The van der Waals surface area contributed by atoms with Crippen molar-refractivity contribution in [2.45, 2.75) is 13.0 Å². The summed E-state index contributed by atoms with van der Waals surface area (Å²) in [6, 6.07) is 10.6. The van der Waals surface area contributed by atoms with E-state index >= 15 is 0 Å². The third-order valence-corrected chi connectivity index (χ3v) is 5.11. The topological polar surface area (TPSA) is 80.3 Å². The Morgan fingerprint density at radius 1 is 1.03 bits per heavy atom. The number of hydrogen-bond acceptors (Lipinski definition) is 5. The highest BCUT2D eigenvalue weighted by molar-refractivity contribution is 5.92. The maximum atomic E-state index is 12.8. The van der Waals surface area contributed by atoms with Gasteiger partial charge >= 0.3 is 6.03 Å². The van der Waals surface area contributed by atoms with Crippen molar-refractivity contribution in [2.24, 2.45) is 0 Å². The number of methoxy groups -OCH3 is 3. The zero-order chi connectivity index (χ0) is 21.7. The second-order valence-corrected chi connectivity index (χ2v) is 7.06. The smallest absolute Gasteiger partial charge is 0.322 e. The average molecular weight is 413 g/mol. The van der Waals surface area contributed by atoms with Crippen molar-refractivity contribution >= 4 is 17.6 Å². The maximum absolute atomic E-state index is 12.8. The number of amides is 3. The van der Waals surface area contributed by atoms with Crippen LogP contribution in [-0.2, 0) is 17.8 Å². The molecule has 1 heterocycles. The minimum Gasteiger partial charge on any atom is -0.497 e. The Morgan fingerprint density at radius 3 is 2.40 bits per heavy atom. The molecule has 2 aromatic rings. The van der Waals surface area contributed by atoms with Crippen LogP contribution in [0.25, 0.3) is 0 Å². The number of carbonyl (C=O) groups is 2. The molecule has 1 aliphatic heterocycles. The van der Waals surface area contributed by atoms with Crippen molar-refractivity contribution in [1.82, 2.24) is 9.80 Å². The van der Waals surface area contributed by atoms with Gasteiger partial charge in [-0.2, -0.15) is 0 Å². The van der Waals surface area contributed by atoms with E-state index in [1.807, 2.05) is 12.1 Å². The zero-order valence-electron chi connectivity index (χ0n) is 17.7. The van der Waals surface area contributed by atoms with E-state index in [4.69, 9.17) is 14.2 Å². The number of benzene rings is 2. The summed E-state index contributed by atoms with van der Waals surface area (Å²) in [6.07, 6.45) is 0.723. The van der Waals surface area contributed by atoms with Gasteiger partial charge < -0.3 is 29.3 Å². The normalized spacial score (nSPS) is 12.6. The molecule has 2 aromatic carbocycles. The van der Waals surface area contributed by atoms with Crippen molar-refractivity contribution in [1.29, 1.82) is 0 Å². The van der Waals surface area contributed by atoms with Gasteiger partial charge in [-0.15, -0.1) is 0 Å². The van der Waals surface area contributed by atoms with Crippen LogP contribution in [0.1, 0.15) is 11.1 Å². The lowest BCUT2D eigenvalue weighted by Crippen LogP contribution is -2.44. The van der Waals surface area contributed by atoms with Gasteiger partial charge in [-0.1, -0.05) is 6.07 Å². The summed E-state index contributed by atoms with van der Waals surface area (Å²) in [6.45, 7) is 1.05. The number of ether oxygens (including phenoxy) is 3. The fourth-order valence-electron chi connectivity index (χ4n) is 3.39. The number of anilines is 1. The molecule has 160 valence electrons. The predicted molar refractivity (Wildman–Crippen MR) is 113 cm³/mol. The Balaban J connectivity index is 1.61. The summed E-state index contributed by atoms with van der Waals surface area (Å²) in [5, 5.41) is 2.77. The molecule has 0 aliphatic carbocycles. The molecule has 0 bridgehead atoms. The van der Waals surface area contributed by atoms with Crippen LogP contribution in [0.4, 0.5) is 10.5 Å².